The van der Waals surface area contributed by atoms with Crippen LogP contribution in [-0.4, -0.2) is 69.9 Å². The van der Waals surface area contributed by atoms with Crippen molar-refractivity contribution in [3.8, 4) is 0 Å². The summed E-state index contributed by atoms with van der Waals surface area (Å²) in [5.74, 6) is -1.07. The Morgan fingerprint density at radius 2 is 2.14 bits per heavy atom. The maximum Gasteiger partial charge on any atom is 0.389 e. The molecule has 28 heavy (non-hydrogen) atoms. The van der Waals surface area contributed by atoms with Crippen LogP contribution < -0.4 is 11.2 Å². The predicted octanol–water partition coefficient (Wildman–Crippen LogP) is -1.32. The Kier molecular flexibility index (Phi) is 6.69. The minimum Gasteiger partial charge on any atom is -0.463 e. The second-order valence-electron chi connectivity index (χ2n) is 6.38. The molecular weight excluding hydrogens is 390 g/mol. The van der Waals surface area contributed by atoms with Crippen molar-refractivity contribution in [1.82, 2.24) is 9.55 Å². The average Bonchev–Trinajstić information content (AvgIpc) is 2.83. The smallest absolute Gasteiger partial charge is 0.389 e. The summed E-state index contributed by atoms with van der Waals surface area (Å²) in [6, 6.07) is 1.21. The van der Waals surface area contributed by atoms with E-state index in [0.29, 0.717) is 0 Å². The third kappa shape index (κ3) is 5.01. The van der Waals surface area contributed by atoms with Crippen LogP contribution in [0.1, 0.15) is 19.3 Å². The third-order valence-electron chi connectivity index (χ3n) is 4.29. The molecule has 2 rings (SSSR count). The lowest BCUT2D eigenvalue weighted by Gasteiger charge is -2.30. The van der Waals surface area contributed by atoms with Gasteiger partial charge in [0.2, 0.25) is 0 Å². The zero-order chi connectivity index (χ0) is 21.1. The summed E-state index contributed by atoms with van der Waals surface area (Å²) >= 11 is 0. The zero-order valence-electron chi connectivity index (χ0n) is 14.7. The highest BCUT2D eigenvalue weighted by molar-refractivity contribution is 6.13. The van der Waals surface area contributed by atoms with E-state index in [1.807, 2.05) is 0 Å². The van der Waals surface area contributed by atoms with Crippen molar-refractivity contribution >= 4 is 19.6 Å². The number of nitrogens with zero attached hydrogens (tertiary/aromatic N) is 2. The van der Waals surface area contributed by atoms with Gasteiger partial charge in [-0.3, -0.25) is 20.0 Å². The van der Waals surface area contributed by atoms with Gasteiger partial charge in [-0.05, 0) is 12.5 Å². The van der Waals surface area contributed by atoms with Crippen LogP contribution in [0.3, 0.4) is 0 Å². The highest BCUT2D eigenvalue weighted by Gasteiger charge is 2.53. The summed E-state index contributed by atoms with van der Waals surface area (Å²) in [6.07, 6.45) is -9.63. The number of ether oxygens (including phenoxy) is 2. The van der Waals surface area contributed by atoms with Gasteiger partial charge in [-0.15, -0.1) is 0 Å². The number of anilines is 1. The standard InChI is InChI=1S/C14H19BF3N3O7/c15-14(21-5-3-8(20-26)19-12(21)25)11(24)10(23)7(28-14)6-27-9(22)2-1-4-13(16,17)18/h3,5,7,10-11,23-24,26H,1-2,4,6,15H2,(H,19,20,25)/t7-,10-,11-,14+/m1/s1. The van der Waals surface area contributed by atoms with Gasteiger partial charge in [0.05, 0.1) is 0 Å². The van der Waals surface area contributed by atoms with Crippen LogP contribution in [0.4, 0.5) is 19.0 Å². The Morgan fingerprint density at radius 3 is 2.71 bits per heavy atom. The summed E-state index contributed by atoms with van der Waals surface area (Å²) in [5.41, 5.74) is -0.983. The van der Waals surface area contributed by atoms with Crippen molar-refractivity contribution in [3.05, 3.63) is 22.7 Å². The van der Waals surface area contributed by atoms with Gasteiger partial charge in [-0.1, -0.05) is 0 Å². The lowest BCUT2D eigenvalue weighted by atomic mass is 9.84. The fourth-order valence-corrected chi connectivity index (χ4v) is 2.78. The van der Waals surface area contributed by atoms with Gasteiger partial charge in [0.1, 0.15) is 30.5 Å². The van der Waals surface area contributed by atoms with Crippen molar-refractivity contribution in [2.24, 2.45) is 0 Å². The van der Waals surface area contributed by atoms with E-state index in [1.54, 1.807) is 5.48 Å². The first-order valence-corrected chi connectivity index (χ1v) is 8.24. The van der Waals surface area contributed by atoms with E-state index in [2.05, 4.69) is 4.98 Å². The molecule has 0 bridgehead atoms. The second-order valence-corrected chi connectivity index (χ2v) is 6.38. The molecule has 0 radical (unpaired) electrons. The van der Waals surface area contributed by atoms with Gasteiger partial charge in [-0.2, -0.15) is 18.2 Å². The maximum atomic E-state index is 12.1. The molecule has 4 N–H and O–H groups in total. The van der Waals surface area contributed by atoms with Gasteiger partial charge in [-0.25, -0.2) is 4.79 Å². The lowest BCUT2D eigenvalue weighted by molar-refractivity contribution is -0.154. The third-order valence-corrected chi connectivity index (χ3v) is 4.29. The minimum atomic E-state index is -4.38. The molecule has 0 unspecified atom stereocenters. The SMILES string of the molecule is B[C@@]1(n2ccc(NO)nc2=O)O[C@H](COC(=O)CCCC(F)(F)F)[C@@H](O)[C@H]1O. The second kappa shape index (κ2) is 8.47. The molecule has 0 aliphatic carbocycles. The monoisotopic (exact) mass is 409 g/mol. The van der Waals surface area contributed by atoms with E-state index in [1.165, 1.54) is 13.9 Å². The molecule has 1 aromatic heterocycles. The van der Waals surface area contributed by atoms with Crippen LogP contribution >= 0.6 is 0 Å². The number of carbonyl (C=O) groups is 1. The first-order chi connectivity index (χ1) is 13.0. The summed E-state index contributed by atoms with van der Waals surface area (Å²) in [7, 11) is 1.29. The van der Waals surface area contributed by atoms with Gasteiger partial charge in [0.25, 0.3) is 0 Å². The number of alkyl halides is 3. The minimum absolute atomic E-state index is 0.151. The van der Waals surface area contributed by atoms with Crippen molar-refractivity contribution < 1.29 is 42.9 Å². The van der Waals surface area contributed by atoms with E-state index < -0.39 is 67.6 Å². The Bertz CT molecular complexity index is 762. The summed E-state index contributed by atoms with van der Waals surface area (Å²) in [6.45, 7) is -0.531. The fraction of sp³-hybridized carbons (Fsp3) is 0.643. The largest absolute Gasteiger partial charge is 0.463 e. The number of esters is 1. The first-order valence-electron chi connectivity index (χ1n) is 8.24. The summed E-state index contributed by atoms with van der Waals surface area (Å²) in [5, 5.41) is 29.2. The highest BCUT2D eigenvalue weighted by atomic mass is 19.4. The predicted molar refractivity (Wildman–Crippen MR) is 88.2 cm³/mol. The Balaban J connectivity index is 2.00. The Labute approximate surface area is 157 Å². The molecule has 1 aliphatic heterocycles. The fourth-order valence-electron chi connectivity index (χ4n) is 2.78. The van der Waals surface area contributed by atoms with Gasteiger partial charge >= 0.3 is 17.8 Å². The Morgan fingerprint density at radius 1 is 1.46 bits per heavy atom. The van der Waals surface area contributed by atoms with E-state index in [-0.39, 0.29) is 5.82 Å². The van der Waals surface area contributed by atoms with Gasteiger partial charge < -0.3 is 19.7 Å². The number of aromatic nitrogens is 2. The quantitative estimate of drug-likeness (QED) is 0.245. The molecule has 1 aromatic rings. The van der Waals surface area contributed by atoms with E-state index in [0.717, 1.165) is 10.8 Å². The molecule has 0 saturated carbocycles. The van der Waals surface area contributed by atoms with Crippen LogP contribution in [0.25, 0.3) is 0 Å². The van der Waals surface area contributed by atoms with E-state index in [4.69, 9.17) is 14.7 Å². The summed E-state index contributed by atoms with van der Waals surface area (Å²) < 4.78 is 47.4. The van der Waals surface area contributed by atoms with Crippen molar-refractivity contribution in [3.63, 3.8) is 0 Å². The summed E-state index contributed by atoms with van der Waals surface area (Å²) in [4.78, 5) is 27.1. The van der Waals surface area contributed by atoms with Crippen LogP contribution in [-0.2, 0) is 19.9 Å². The lowest BCUT2D eigenvalue weighted by Crippen LogP contribution is -2.51. The number of carbonyl (C=O) groups excluding carboxylic acids is 1. The van der Waals surface area contributed by atoms with Crippen LogP contribution in [0.5, 0.6) is 0 Å². The van der Waals surface area contributed by atoms with Crippen molar-refractivity contribution in [1.29, 1.82) is 0 Å². The molecule has 0 amide bonds. The molecular formula is C14H19BF3N3O7. The van der Waals surface area contributed by atoms with Crippen molar-refractivity contribution in [2.75, 3.05) is 12.1 Å². The molecule has 156 valence electrons. The number of rotatable bonds is 7. The van der Waals surface area contributed by atoms with E-state index in [9.17, 15) is 33.0 Å². The number of nitrogens with one attached hydrogen (secondary N) is 1. The van der Waals surface area contributed by atoms with Crippen molar-refractivity contribution in [2.45, 2.75) is 49.4 Å². The Hall–Kier alpha value is -2.16. The molecule has 1 fully saturated rings. The molecule has 1 saturated heterocycles. The first kappa shape index (κ1) is 22.1. The normalized spacial score (nSPS) is 27.6. The van der Waals surface area contributed by atoms with Crippen LogP contribution in [0, 0.1) is 0 Å². The highest BCUT2D eigenvalue weighted by Crippen LogP contribution is 2.32. The number of hydrogen-bond donors (Lipinski definition) is 4. The van der Waals surface area contributed by atoms with Crippen LogP contribution in [0.2, 0.25) is 0 Å². The number of hydrogen-bond acceptors (Lipinski definition) is 9. The molecule has 14 heteroatoms. The molecule has 4 atom stereocenters. The number of aliphatic hydroxyl groups is 2. The van der Waals surface area contributed by atoms with Gasteiger partial charge in [0.15, 0.2) is 13.7 Å². The molecule has 1 aliphatic rings. The number of halogens is 3. The number of aliphatic hydroxyl groups excluding tert-OH is 2. The molecule has 2 heterocycles. The maximum absolute atomic E-state index is 12.1. The van der Waals surface area contributed by atoms with Crippen LogP contribution in [0.15, 0.2) is 17.1 Å². The van der Waals surface area contributed by atoms with Gasteiger partial charge in [0, 0.05) is 19.0 Å². The average molecular weight is 409 g/mol. The molecule has 10 nitrogen and oxygen atoms in total. The molecule has 0 spiro atoms. The van der Waals surface area contributed by atoms with E-state index >= 15 is 0 Å². The molecule has 0 aromatic carbocycles. The zero-order valence-corrected chi connectivity index (χ0v) is 14.7. The topological polar surface area (TPSA) is 143 Å².